The zero-order chi connectivity index (χ0) is 14.8. The number of nitrogen functional groups attached to an aromatic ring is 1. The molecule has 0 saturated heterocycles. The van der Waals surface area contributed by atoms with Crippen LogP contribution in [0.1, 0.15) is 5.56 Å². The van der Waals surface area contributed by atoms with Crippen molar-refractivity contribution in [3.05, 3.63) is 64.3 Å². The number of aromatic nitrogens is 1. The summed E-state index contributed by atoms with van der Waals surface area (Å²) in [7, 11) is 0. The van der Waals surface area contributed by atoms with Gasteiger partial charge in [-0.05, 0) is 23.8 Å². The smallest absolute Gasteiger partial charge is 0.0751 e. The average molecular weight is 318 g/mol. The Bertz CT molecular complexity index is 774. The molecular weight excluding hydrogens is 305 g/mol. The predicted octanol–water partition coefficient (Wildman–Crippen LogP) is 4.74. The molecule has 0 saturated carbocycles. The molecule has 3 nitrogen and oxygen atoms in total. The Labute approximate surface area is 132 Å². The van der Waals surface area contributed by atoms with E-state index in [1.807, 2.05) is 30.3 Å². The van der Waals surface area contributed by atoms with Gasteiger partial charge in [0.2, 0.25) is 0 Å². The van der Waals surface area contributed by atoms with Crippen molar-refractivity contribution in [3.8, 4) is 0 Å². The third kappa shape index (κ3) is 2.89. The number of nitrogens with zero attached hydrogens (tertiary/aromatic N) is 1. The van der Waals surface area contributed by atoms with Crippen molar-refractivity contribution < 1.29 is 0 Å². The summed E-state index contributed by atoms with van der Waals surface area (Å²) in [5.41, 5.74) is 8.98. The first kappa shape index (κ1) is 14.0. The monoisotopic (exact) mass is 317 g/mol. The molecule has 3 aromatic rings. The molecule has 0 aliphatic carbocycles. The number of benzene rings is 2. The van der Waals surface area contributed by atoms with E-state index in [2.05, 4.69) is 10.3 Å². The molecule has 5 heteroatoms. The van der Waals surface area contributed by atoms with Crippen molar-refractivity contribution in [2.45, 2.75) is 6.54 Å². The van der Waals surface area contributed by atoms with Gasteiger partial charge in [0.1, 0.15) is 0 Å². The molecule has 21 heavy (non-hydrogen) atoms. The molecule has 0 atom stereocenters. The number of para-hydroxylation sites is 1. The first-order chi connectivity index (χ1) is 10.1. The van der Waals surface area contributed by atoms with Crippen LogP contribution in [0.25, 0.3) is 10.9 Å². The number of pyridine rings is 1. The van der Waals surface area contributed by atoms with Gasteiger partial charge in [0.05, 0.1) is 21.2 Å². The second kappa shape index (κ2) is 5.80. The second-order valence-electron chi connectivity index (χ2n) is 4.71. The summed E-state index contributed by atoms with van der Waals surface area (Å²) in [6.45, 7) is 0.581. The number of hydrogen-bond donors (Lipinski definition) is 2. The lowest BCUT2D eigenvalue weighted by Gasteiger charge is -2.12. The van der Waals surface area contributed by atoms with Gasteiger partial charge in [-0.2, -0.15) is 0 Å². The number of fused-ring (bicyclic) bond motifs is 1. The summed E-state index contributed by atoms with van der Waals surface area (Å²) in [4.78, 5) is 4.43. The standard InChI is InChI=1S/C16H13Cl2N3/c17-13-7-12(19)8-14(18)16(13)21-9-11-4-1-3-10-5-2-6-20-15(10)11/h1-8,21H,9,19H2. The second-order valence-corrected chi connectivity index (χ2v) is 5.52. The fourth-order valence-corrected chi connectivity index (χ4v) is 2.89. The van der Waals surface area contributed by atoms with E-state index < -0.39 is 0 Å². The molecule has 1 aromatic heterocycles. The quantitative estimate of drug-likeness (QED) is 0.686. The average Bonchev–Trinajstić information content (AvgIpc) is 2.46. The summed E-state index contributed by atoms with van der Waals surface area (Å²) < 4.78 is 0. The van der Waals surface area contributed by atoms with E-state index in [-0.39, 0.29) is 0 Å². The van der Waals surface area contributed by atoms with E-state index in [9.17, 15) is 0 Å². The van der Waals surface area contributed by atoms with Gasteiger partial charge in [0, 0.05) is 23.8 Å². The maximum absolute atomic E-state index is 6.18. The number of nitrogens with one attached hydrogen (secondary N) is 1. The van der Waals surface area contributed by atoms with Gasteiger partial charge < -0.3 is 11.1 Å². The Morgan fingerprint density at radius 2 is 1.76 bits per heavy atom. The highest BCUT2D eigenvalue weighted by atomic mass is 35.5. The molecule has 0 amide bonds. The van der Waals surface area contributed by atoms with Crippen molar-refractivity contribution in [1.82, 2.24) is 4.98 Å². The van der Waals surface area contributed by atoms with Crippen LogP contribution in [0.5, 0.6) is 0 Å². The van der Waals surface area contributed by atoms with E-state index in [0.29, 0.717) is 28.0 Å². The normalized spacial score (nSPS) is 10.8. The zero-order valence-corrected chi connectivity index (χ0v) is 12.6. The van der Waals surface area contributed by atoms with Crippen LogP contribution >= 0.6 is 23.2 Å². The van der Waals surface area contributed by atoms with E-state index in [4.69, 9.17) is 28.9 Å². The fourth-order valence-electron chi connectivity index (χ4n) is 2.26. The molecule has 2 aromatic carbocycles. The van der Waals surface area contributed by atoms with Gasteiger partial charge in [-0.25, -0.2) is 0 Å². The highest BCUT2D eigenvalue weighted by Gasteiger charge is 2.08. The van der Waals surface area contributed by atoms with Crippen molar-refractivity contribution in [3.63, 3.8) is 0 Å². The third-order valence-electron chi connectivity index (χ3n) is 3.24. The Morgan fingerprint density at radius 1 is 1.05 bits per heavy atom. The molecule has 0 bridgehead atoms. The molecule has 0 radical (unpaired) electrons. The lowest BCUT2D eigenvalue weighted by molar-refractivity contribution is 1.15. The maximum atomic E-state index is 6.18. The number of nitrogens with two attached hydrogens (primary N) is 1. The fraction of sp³-hybridized carbons (Fsp3) is 0.0625. The van der Waals surface area contributed by atoms with Gasteiger partial charge >= 0.3 is 0 Å². The van der Waals surface area contributed by atoms with Crippen LogP contribution in [0.3, 0.4) is 0 Å². The molecule has 0 spiro atoms. The topological polar surface area (TPSA) is 50.9 Å². The van der Waals surface area contributed by atoms with Crippen molar-refractivity contribution in [2.75, 3.05) is 11.1 Å². The summed E-state index contributed by atoms with van der Waals surface area (Å²) in [6, 6.07) is 13.4. The summed E-state index contributed by atoms with van der Waals surface area (Å²) >= 11 is 12.4. The van der Waals surface area contributed by atoms with Gasteiger partial charge in [-0.1, -0.05) is 47.5 Å². The molecule has 0 unspecified atom stereocenters. The van der Waals surface area contributed by atoms with Gasteiger partial charge in [-0.3, -0.25) is 4.98 Å². The molecule has 0 aliphatic heterocycles. The van der Waals surface area contributed by atoms with Crippen molar-refractivity contribution >= 4 is 45.5 Å². The molecule has 3 rings (SSSR count). The SMILES string of the molecule is Nc1cc(Cl)c(NCc2cccc3cccnc23)c(Cl)c1. The lowest BCUT2D eigenvalue weighted by Crippen LogP contribution is -2.02. The van der Waals surface area contributed by atoms with Crippen molar-refractivity contribution in [2.24, 2.45) is 0 Å². The summed E-state index contributed by atoms with van der Waals surface area (Å²) in [6.07, 6.45) is 1.79. The molecule has 1 heterocycles. The van der Waals surface area contributed by atoms with Crippen molar-refractivity contribution in [1.29, 1.82) is 0 Å². The number of anilines is 2. The Balaban J connectivity index is 1.91. The van der Waals surface area contributed by atoms with Crippen LogP contribution in [0.15, 0.2) is 48.7 Å². The van der Waals surface area contributed by atoms with E-state index in [1.165, 1.54) is 0 Å². The number of rotatable bonds is 3. The van der Waals surface area contributed by atoms with Crippen LogP contribution in [-0.4, -0.2) is 4.98 Å². The Morgan fingerprint density at radius 3 is 2.52 bits per heavy atom. The molecular formula is C16H13Cl2N3. The molecule has 3 N–H and O–H groups in total. The minimum Gasteiger partial charge on any atom is -0.399 e. The lowest BCUT2D eigenvalue weighted by atomic mass is 10.1. The third-order valence-corrected chi connectivity index (χ3v) is 3.83. The minimum atomic E-state index is 0.508. The Hall–Kier alpha value is -1.97. The maximum Gasteiger partial charge on any atom is 0.0751 e. The Kier molecular flexibility index (Phi) is 3.86. The number of halogens is 2. The first-order valence-electron chi connectivity index (χ1n) is 6.46. The van der Waals surface area contributed by atoms with Crippen LogP contribution < -0.4 is 11.1 Å². The first-order valence-corrected chi connectivity index (χ1v) is 7.22. The largest absolute Gasteiger partial charge is 0.399 e. The molecule has 0 fully saturated rings. The predicted molar refractivity (Wildman–Crippen MR) is 89.9 cm³/mol. The zero-order valence-electron chi connectivity index (χ0n) is 11.1. The minimum absolute atomic E-state index is 0.508. The van der Waals surface area contributed by atoms with Crippen LogP contribution in [0.2, 0.25) is 10.0 Å². The highest BCUT2D eigenvalue weighted by Crippen LogP contribution is 2.33. The van der Waals surface area contributed by atoms with Crippen LogP contribution in [0.4, 0.5) is 11.4 Å². The van der Waals surface area contributed by atoms with E-state index in [0.717, 1.165) is 16.5 Å². The summed E-state index contributed by atoms with van der Waals surface area (Å²) in [5, 5.41) is 5.38. The van der Waals surface area contributed by atoms with E-state index >= 15 is 0 Å². The highest BCUT2D eigenvalue weighted by molar-refractivity contribution is 6.39. The van der Waals surface area contributed by atoms with E-state index in [1.54, 1.807) is 18.3 Å². The van der Waals surface area contributed by atoms with Gasteiger partial charge in [0.15, 0.2) is 0 Å². The molecule has 0 aliphatic rings. The van der Waals surface area contributed by atoms with Gasteiger partial charge in [-0.15, -0.1) is 0 Å². The van der Waals surface area contributed by atoms with Crippen LogP contribution in [0, 0.1) is 0 Å². The number of hydrogen-bond acceptors (Lipinski definition) is 3. The van der Waals surface area contributed by atoms with Gasteiger partial charge in [0.25, 0.3) is 0 Å². The summed E-state index contributed by atoms with van der Waals surface area (Å²) in [5.74, 6) is 0. The molecule has 106 valence electrons. The van der Waals surface area contributed by atoms with Crippen LogP contribution in [-0.2, 0) is 6.54 Å².